The predicted octanol–water partition coefficient (Wildman–Crippen LogP) is 3.60. The number of benzene rings is 1. The number of nitrogens with one attached hydrogen (secondary N) is 1. The Morgan fingerprint density at radius 1 is 1.19 bits per heavy atom. The zero-order chi connectivity index (χ0) is 15.2. The first-order chi connectivity index (χ1) is 10.1. The van der Waals surface area contributed by atoms with E-state index in [0.29, 0.717) is 11.9 Å². The second-order valence-corrected chi connectivity index (χ2v) is 5.38. The molecule has 3 heteroatoms. The third kappa shape index (κ3) is 4.05. The van der Waals surface area contributed by atoms with E-state index >= 15 is 0 Å². The van der Waals surface area contributed by atoms with Crippen molar-refractivity contribution in [1.29, 1.82) is 0 Å². The predicted molar refractivity (Wildman–Crippen MR) is 86.8 cm³/mol. The summed E-state index contributed by atoms with van der Waals surface area (Å²) in [5.74, 6) is 0.658. The Morgan fingerprint density at radius 3 is 2.62 bits per heavy atom. The smallest absolute Gasteiger partial charge is 0.212 e. The molecule has 0 aliphatic heterocycles. The SMILES string of the molecule is CCNC(Cc1ccc(OC)nc1)c1cc(C)ccc1C. The van der Waals surface area contributed by atoms with Gasteiger partial charge < -0.3 is 10.1 Å². The van der Waals surface area contributed by atoms with Gasteiger partial charge in [-0.3, -0.25) is 0 Å². The minimum atomic E-state index is 0.310. The largest absolute Gasteiger partial charge is 0.481 e. The summed E-state index contributed by atoms with van der Waals surface area (Å²) in [6.07, 6.45) is 2.82. The fourth-order valence-electron chi connectivity index (χ4n) is 2.56. The van der Waals surface area contributed by atoms with Crippen LogP contribution in [0.2, 0.25) is 0 Å². The van der Waals surface area contributed by atoms with Gasteiger partial charge in [0.2, 0.25) is 5.88 Å². The fourth-order valence-corrected chi connectivity index (χ4v) is 2.56. The Kier molecular flexibility index (Phi) is 5.34. The third-order valence-corrected chi connectivity index (χ3v) is 3.71. The lowest BCUT2D eigenvalue weighted by Gasteiger charge is -2.21. The van der Waals surface area contributed by atoms with E-state index in [4.69, 9.17) is 4.74 Å². The van der Waals surface area contributed by atoms with Crippen LogP contribution in [0.15, 0.2) is 36.5 Å². The highest BCUT2D eigenvalue weighted by atomic mass is 16.5. The van der Waals surface area contributed by atoms with Crippen LogP contribution in [0.1, 0.15) is 35.2 Å². The number of methoxy groups -OCH3 is 1. The van der Waals surface area contributed by atoms with Crippen molar-refractivity contribution in [2.75, 3.05) is 13.7 Å². The Balaban J connectivity index is 2.23. The van der Waals surface area contributed by atoms with E-state index in [1.165, 1.54) is 22.3 Å². The van der Waals surface area contributed by atoms with Crippen molar-refractivity contribution in [3.8, 4) is 5.88 Å². The van der Waals surface area contributed by atoms with Gasteiger partial charge in [-0.05, 0) is 43.5 Å². The maximum absolute atomic E-state index is 5.11. The zero-order valence-corrected chi connectivity index (χ0v) is 13.3. The van der Waals surface area contributed by atoms with Gasteiger partial charge in [0.15, 0.2) is 0 Å². The zero-order valence-electron chi connectivity index (χ0n) is 13.3. The van der Waals surface area contributed by atoms with Crippen molar-refractivity contribution < 1.29 is 4.74 Å². The van der Waals surface area contributed by atoms with Gasteiger partial charge in [0.1, 0.15) is 0 Å². The van der Waals surface area contributed by atoms with E-state index in [1.54, 1.807) is 7.11 Å². The fraction of sp³-hybridized carbons (Fsp3) is 0.389. The quantitative estimate of drug-likeness (QED) is 0.880. The van der Waals surface area contributed by atoms with E-state index in [-0.39, 0.29) is 0 Å². The molecule has 0 aliphatic carbocycles. The molecule has 1 aromatic heterocycles. The van der Waals surface area contributed by atoms with Gasteiger partial charge in [0, 0.05) is 18.3 Å². The monoisotopic (exact) mass is 284 g/mol. The van der Waals surface area contributed by atoms with Gasteiger partial charge in [-0.2, -0.15) is 0 Å². The van der Waals surface area contributed by atoms with Crippen molar-refractivity contribution in [2.24, 2.45) is 0 Å². The molecule has 0 fully saturated rings. The van der Waals surface area contributed by atoms with Crippen molar-refractivity contribution in [1.82, 2.24) is 10.3 Å². The molecule has 0 radical (unpaired) electrons. The molecule has 1 N–H and O–H groups in total. The highest BCUT2D eigenvalue weighted by Gasteiger charge is 2.14. The molecule has 1 aromatic carbocycles. The van der Waals surface area contributed by atoms with Crippen molar-refractivity contribution in [3.63, 3.8) is 0 Å². The van der Waals surface area contributed by atoms with Gasteiger partial charge in [-0.15, -0.1) is 0 Å². The first kappa shape index (κ1) is 15.5. The summed E-state index contributed by atoms with van der Waals surface area (Å²) in [6.45, 7) is 7.40. The van der Waals surface area contributed by atoms with Crippen LogP contribution in [-0.4, -0.2) is 18.6 Å². The van der Waals surface area contributed by atoms with Gasteiger partial charge in [-0.25, -0.2) is 4.98 Å². The van der Waals surface area contributed by atoms with Crippen LogP contribution < -0.4 is 10.1 Å². The Labute approximate surface area is 127 Å². The maximum atomic E-state index is 5.11. The molecule has 21 heavy (non-hydrogen) atoms. The van der Waals surface area contributed by atoms with E-state index in [9.17, 15) is 0 Å². The number of likely N-dealkylation sites (N-methyl/N-ethyl adjacent to an activating group) is 1. The van der Waals surface area contributed by atoms with Crippen LogP contribution in [0.25, 0.3) is 0 Å². The highest BCUT2D eigenvalue weighted by Crippen LogP contribution is 2.23. The van der Waals surface area contributed by atoms with Crippen LogP contribution in [-0.2, 0) is 6.42 Å². The molecule has 0 amide bonds. The summed E-state index contributed by atoms with van der Waals surface area (Å²) >= 11 is 0. The number of rotatable bonds is 6. The topological polar surface area (TPSA) is 34.1 Å². The second kappa shape index (κ2) is 7.23. The summed E-state index contributed by atoms with van der Waals surface area (Å²) in [7, 11) is 1.64. The number of nitrogens with zero attached hydrogens (tertiary/aromatic N) is 1. The van der Waals surface area contributed by atoms with E-state index in [1.807, 2.05) is 12.3 Å². The molecule has 1 unspecified atom stereocenters. The second-order valence-electron chi connectivity index (χ2n) is 5.38. The normalized spacial score (nSPS) is 12.2. The molecule has 0 saturated heterocycles. The molecule has 0 spiro atoms. The Bertz CT molecular complexity index is 578. The molecule has 0 bridgehead atoms. The maximum Gasteiger partial charge on any atom is 0.212 e. The first-order valence-corrected chi connectivity index (χ1v) is 7.43. The molecule has 1 heterocycles. The molecule has 0 aliphatic rings. The summed E-state index contributed by atoms with van der Waals surface area (Å²) in [4.78, 5) is 4.29. The number of hydrogen-bond donors (Lipinski definition) is 1. The Hall–Kier alpha value is -1.87. The van der Waals surface area contributed by atoms with Crippen LogP contribution in [0.3, 0.4) is 0 Å². The first-order valence-electron chi connectivity index (χ1n) is 7.43. The highest BCUT2D eigenvalue weighted by molar-refractivity contribution is 5.34. The molecular formula is C18H24N2O. The van der Waals surface area contributed by atoms with Crippen molar-refractivity contribution in [2.45, 2.75) is 33.2 Å². The Morgan fingerprint density at radius 2 is 2.00 bits per heavy atom. The van der Waals surface area contributed by atoms with Crippen LogP contribution in [0.5, 0.6) is 5.88 Å². The minimum Gasteiger partial charge on any atom is -0.481 e. The molecule has 112 valence electrons. The standard InChI is InChI=1S/C18H24N2O/c1-5-19-17(16-10-13(2)6-7-14(16)3)11-15-8-9-18(21-4)20-12-15/h6-10,12,17,19H,5,11H2,1-4H3. The van der Waals surface area contributed by atoms with Gasteiger partial charge in [0.05, 0.1) is 7.11 Å². The van der Waals surface area contributed by atoms with Gasteiger partial charge in [0.25, 0.3) is 0 Å². The molecule has 3 nitrogen and oxygen atoms in total. The molecular weight excluding hydrogens is 260 g/mol. The molecule has 2 aromatic rings. The molecule has 0 saturated carbocycles. The van der Waals surface area contributed by atoms with Gasteiger partial charge in [-0.1, -0.05) is 36.8 Å². The third-order valence-electron chi connectivity index (χ3n) is 3.71. The summed E-state index contributed by atoms with van der Waals surface area (Å²) in [5.41, 5.74) is 5.20. The van der Waals surface area contributed by atoms with Crippen molar-refractivity contribution in [3.05, 3.63) is 58.8 Å². The van der Waals surface area contributed by atoms with E-state index in [2.05, 4.69) is 55.3 Å². The lowest BCUT2D eigenvalue weighted by atomic mass is 9.94. The molecule has 2 rings (SSSR count). The molecule has 1 atom stereocenters. The van der Waals surface area contributed by atoms with Crippen LogP contribution in [0.4, 0.5) is 0 Å². The summed E-state index contributed by atoms with van der Waals surface area (Å²) < 4.78 is 5.11. The number of pyridine rings is 1. The van der Waals surface area contributed by atoms with Crippen molar-refractivity contribution >= 4 is 0 Å². The van der Waals surface area contributed by atoms with E-state index in [0.717, 1.165) is 13.0 Å². The van der Waals surface area contributed by atoms with Gasteiger partial charge >= 0.3 is 0 Å². The number of aryl methyl sites for hydroxylation is 2. The summed E-state index contributed by atoms with van der Waals surface area (Å²) in [6, 6.07) is 10.9. The number of ether oxygens (including phenoxy) is 1. The summed E-state index contributed by atoms with van der Waals surface area (Å²) in [5, 5.41) is 3.59. The lowest BCUT2D eigenvalue weighted by molar-refractivity contribution is 0.397. The average molecular weight is 284 g/mol. The average Bonchev–Trinajstić information content (AvgIpc) is 2.50. The van der Waals surface area contributed by atoms with Crippen LogP contribution >= 0.6 is 0 Å². The number of hydrogen-bond acceptors (Lipinski definition) is 3. The van der Waals surface area contributed by atoms with E-state index < -0.39 is 0 Å². The number of aromatic nitrogens is 1. The minimum absolute atomic E-state index is 0.310. The van der Waals surface area contributed by atoms with Crippen LogP contribution in [0, 0.1) is 13.8 Å². The lowest BCUT2D eigenvalue weighted by Crippen LogP contribution is -2.24.